The number of carbonyl (C=O) groups is 4. The Morgan fingerprint density at radius 2 is 0.958 bits per heavy atom. The third-order valence-corrected chi connectivity index (χ3v) is 9.00. The molecule has 0 aliphatic carbocycles. The summed E-state index contributed by atoms with van der Waals surface area (Å²) >= 11 is 0. The fourth-order valence-electron chi connectivity index (χ4n) is 5.91. The molecular formula is C39H74N2O7. The van der Waals surface area contributed by atoms with E-state index in [0.29, 0.717) is 12.8 Å². The maximum absolute atomic E-state index is 12.8. The van der Waals surface area contributed by atoms with Crippen LogP contribution in [-0.4, -0.2) is 58.3 Å². The monoisotopic (exact) mass is 683 g/mol. The van der Waals surface area contributed by atoms with Crippen molar-refractivity contribution in [3.05, 3.63) is 0 Å². The summed E-state index contributed by atoms with van der Waals surface area (Å²) in [6.07, 6.45) is 22.7. The molecule has 0 heterocycles. The van der Waals surface area contributed by atoms with Crippen LogP contribution in [0.25, 0.3) is 0 Å². The van der Waals surface area contributed by atoms with Gasteiger partial charge in [0.2, 0.25) is 11.8 Å². The molecule has 48 heavy (non-hydrogen) atoms. The predicted octanol–water partition coefficient (Wildman–Crippen LogP) is 8.64. The number of amides is 2. The molecular weight excluding hydrogens is 608 g/mol. The second-order valence-electron chi connectivity index (χ2n) is 14.9. The van der Waals surface area contributed by atoms with Gasteiger partial charge < -0.3 is 25.6 Å². The first kappa shape index (κ1) is 45.8. The second kappa shape index (κ2) is 29.7. The number of carboxylic acid groups (broad SMARTS) is 1. The highest BCUT2D eigenvalue weighted by molar-refractivity contribution is 5.90. The summed E-state index contributed by atoms with van der Waals surface area (Å²) in [4.78, 5) is 49.4. The van der Waals surface area contributed by atoms with E-state index in [-0.39, 0.29) is 12.4 Å². The number of unbranched alkanes of at least 4 members (excludes halogenated alkanes) is 16. The second-order valence-corrected chi connectivity index (χ2v) is 14.9. The first-order valence-electron chi connectivity index (χ1n) is 19.5. The van der Waals surface area contributed by atoms with Gasteiger partial charge in [0, 0.05) is 6.42 Å². The standard InChI is InChI=1S/C39H74N2O7/c1-30(2)25-21-17-13-9-7-11-15-19-23-27-34(29-35(43)40-32(5)38(45)41-37(33(6)42)39(46)47)48-36(44)28-24-20-16-12-8-10-14-18-22-26-31(3)4/h30-34,37,42H,7-29H2,1-6H3,(H,40,43)(H,41,45)(H,46,47)/t32-,33+,34?,37-/m0/s1. The van der Waals surface area contributed by atoms with Gasteiger partial charge in [-0.3, -0.25) is 14.4 Å². The van der Waals surface area contributed by atoms with Gasteiger partial charge in [0.05, 0.1) is 12.5 Å². The van der Waals surface area contributed by atoms with Crippen LogP contribution in [0, 0.1) is 11.8 Å². The summed E-state index contributed by atoms with van der Waals surface area (Å²) in [6.45, 7) is 11.8. The summed E-state index contributed by atoms with van der Waals surface area (Å²) in [7, 11) is 0. The van der Waals surface area contributed by atoms with Crippen molar-refractivity contribution in [2.75, 3.05) is 0 Å². The topological polar surface area (TPSA) is 142 Å². The van der Waals surface area contributed by atoms with Gasteiger partial charge in [0.25, 0.3) is 0 Å². The van der Waals surface area contributed by atoms with Gasteiger partial charge in [-0.1, -0.05) is 143 Å². The highest BCUT2D eigenvalue weighted by Gasteiger charge is 2.28. The number of carbonyl (C=O) groups excluding carboxylic acids is 3. The quantitative estimate of drug-likeness (QED) is 0.0411. The summed E-state index contributed by atoms with van der Waals surface area (Å²) in [5.41, 5.74) is 0. The molecule has 0 aliphatic heterocycles. The van der Waals surface area contributed by atoms with Gasteiger partial charge in [0.15, 0.2) is 6.04 Å². The van der Waals surface area contributed by atoms with E-state index in [4.69, 9.17) is 4.74 Å². The fourth-order valence-corrected chi connectivity index (χ4v) is 5.91. The molecule has 0 saturated heterocycles. The molecule has 0 spiro atoms. The van der Waals surface area contributed by atoms with E-state index in [0.717, 1.165) is 50.4 Å². The molecule has 0 aromatic rings. The van der Waals surface area contributed by atoms with Gasteiger partial charge in [-0.05, 0) is 44.9 Å². The molecule has 2 amide bonds. The molecule has 4 N–H and O–H groups in total. The molecule has 0 radical (unpaired) electrons. The lowest BCUT2D eigenvalue weighted by molar-refractivity contribution is -0.151. The zero-order valence-corrected chi connectivity index (χ0v) is 31.7. The molecule has 0 rings (SSSR count). The molecule has 0 aromatic carbocycles. The van der Waals surface area contributed by atoms with Gasteiger partial charge >= 0.3 is 11.9 Å². The lowest BCUT2D eigenvalue weighted by atomic mass is 10.0. The molecule has 0 saturated carbocycles. The molecule has 0 aromatic heterocycles. The van der Waals surface area contributed by atoms with E-state index < -0.39 is 42.1 Å². The number of hydrogen-bond donors (Lipinski definition) is 4. The Balaban J connectivity index is 4.62. The maximum atomic E-state index is 12.8. The lowest BCUT2D eigenvalue weighted by Crippen LogP contribution is -2.54. The smallest absolute Gasteiger partial charge is 0.328 e. The van der Waals surface area contributed by atoms with E-state index in [9.17, 15) is 29.4 Å². The van der Waals surface area contributed by atoms with E-state index in [1.807, 2.05) is 0 Å². The van der Waals surface area contributed by atoms with Gasteiger partial charge in [-0.2, -0.15) is 0 Å². The van der Waals surface area contributed by atoms with Crippen molar-refractivity contribution in [1.29, 1.82) is 0 Å². The van der Waals surface area contributed by atoms with Crippen LogP contribution < -0.4 is 10.6 Å². The fraction of sp³-hybridized carbons (Fsp3) is 0.897. The van der Waals surface area contributed by atoms with Gasteiger partial charge in [-0.15, -0.1) is 0 Å². The Kier molecular flexibility index (Phi) is 28.4. The third-order valence-electron chi connectivity index (χ3n) is 9.00. The summed E-state index contributed by atoms with van der Waals surface area (Å²) in [5.74, 6) is -1.24. The number of aliphatic carboxylic acids is 1. The normalized spacial score (nSPS) is 14.0. The molecule has 0 bridgehead atoms. The zero-order chi connectivity index (χ0) is 36.2. The van der Waals surface area contributed by atoms with Gasteiger partial charge in [-0.25, -0.2) is 4.79 Å². The summed E-state index contributed by atoms with van der Waals surface area (Å²) in [6, 6.07) is -2.49. The van der Waals surface area contributed by atoms with Crippen LogP contribution in [0.1, 0.15) is 189 Å². The number of hydrogen-bond acceptors (Lipinski definition) is 6. The van der Waals surface area contributed by atoms with Crippen molar-refractivity contribution in [2.24, 2.45) is 11.8 Å². The Morgan fingerprint density at radius 1 is 0.562 bits per heavy atom. The SMILES string of the molecule is CC(C)CCCCCCCCCCCC(=O)OC(CCCCCCCCCCCC(C)C)CC(=O)N[C@@H](C)C(=O)N[C@H](C(=O)O)[C@@H](C)O. The number of ether oxygens (including phenoxy) is 1. The first-order valence-corrected chi connectivity index (χ1v) is 19.5. The molecule has 9 nitrogen and oxygen atoms in total. The number of rotatable bonds is 32. The Labute approximate surface area is 293 Å². The Hall–Kier alpha value is -2.16. The van der Waals surface area contributed by atoms with Crippen LogP contribution in [0.5, 0.6) is 0 Å². The first-order chi connectivity index (χ1) is 22.8. The highest BCUT2D eigenvalue weighted by atomic mass is 16.5. The van der Waals surface area contributed by atoms with Gasteiger partial charge in [0.1, 0.15) is 12.1 Å². The van der Waals surface area contributed by atoms with Crippen LogP contribution >= 0.6 is 0 Å². The molecule has 9 heteroatoms. The molecule has 0 aliphatic rings. The van der Waals surface area contributed by atoms with Crippen LogP contribution in [0.2, 0.25) is 0 Å². The van der Waals surface area contributed by atoms with Crippen molar-refractivity contribution in [3.63, 3.8) is 0 Å². The van der Waals surface area contributed by atoms with Crippen LogP contribution in [0.3, 0.4) is 0 Å². The number of carboxylic acids is 1. The minimum absolute atomic E-state index is 0.0599. The maximum Gasteiger partial charge on any atom is 0.328 e. The summed E-state index contributed by atoms with van der Waals surface area (Å²) < 4.78 is 5.78. The molecule has 1 unspecified atom stereocenters. The van der Waals surface area contributed by atoms with E-state index in [1.54, 1.807) is 0 Å². The van der Waals surface area contributed by atoms with Crippen LogP contribution in [-0.2, 0) is 23.9 Å². The number of esters is 1. The van der Waals surface area contributed by atoms with Crippen molar-refractivity contribution >= 4 is 23.8 Å². The number of aliphatic hydroxyl groups excluding tert-OH is 1. The minimum atomic E-state index is -1.48. The van der Waals surface area contributed by atoms with E-state index in [2.05, 4.69) is 38.3 Å². The van der Waals surface area contributed by atoms with Crippen molar-refractivity contribution in [1.82, 2.24) is 10.6 Å². The Bertz CT molecular complexity index is 846. The number of nitrogens with one attached hydrogen (secondary N) is 2. The van der Waals surface area contributed by atoms with Crippen molar-refractivity contribution < 1.29 is 34.1 Å². The zero-order valence-electron chi connectivity index (χ0n) is 31.7. The van der Waals surface area contributed by atoms with E-state index >= 15 is 0 Å². The lowest BCUT2D eigenvalue weighted by Gasteiger charge is -2.22. The molecule has 4 atom stereocenters. The summed E-state index contributed by atoms with van der Waals surface area (Å²) in [5, 5.41) is 23.7. The minimum Gasteiger partial charge on any atom is -0.480 e. The molecule has 282 valence electrons. The highest BCUT2D eigenvalue weighted by Crippen LogP contribution is 2.17. The number of aliphatic hydroxyl groups is 1. The Morgan fingerprint density at radius 3 is 1.35 bits per heavy atom. The van der Waals surface area contributed by atoms with Crippen LogP contribution in [0.15, 0.2) is 0 Å². The van der Waals surface area contributed by atoms with Crippen molar-refractivity contribution in [3.8, 4) is 0 Å². The largest absolute Gasteiger partial charge is 0.480 e. The average molecular weight is 683 g/mol. The van der Waals surface area contributed by atoms with Crippen molar-refractivity contribution in [2.45, 2.75) is 214 Å². The predicted molar refractivity (Wildman–Crippen MR) is 195 cm³/mol. The average Bonchev–Trinajstić information content (AvgIpc) is 3.00. The third kappa shape index (κ3) is 27.8. The van der Waals surface area contributed by atoms with Crippen LogP contribution in [0.4, 0.5) is 0 Å². The molecule has 0 fully saturated rings. The van der Waals surface area contributed by atoms with E-state index in [1.165, 1.54) is 104 Å².